The Morgan fingerprint density at radius 2 is 1.75 bits per heavy atom. The molecule has 0 saturated heterocycles. The molecular weight excluding hydrogens is 158 g/mol. The first-order chi connectivity index (χ1) is 5.63. The van der Waals surface area contributed by atoms with Crippen molar-refractivity contribution in [3.63, 3.8) is 0 Å². The van der Waals surface area contributed by atoms with Gasteiger partial charge in [0.05, 0.1) is 0 Å². The van der Waals surface area contributed by atoms with Crippen LogP contribution in [-0.4, -0.2) is 38.5 Å². The average molecular weight is 173 g/mol. The monoisotopic (exact) mass is 173 g/mol. The maximum absolute atomic E-state index is 11.3. The van der Waals surface area contributed by atoms with Crippen LogP contribution in [0, 0.1) is 0 Å². The van der Waals surface area contributed by atoms with Crippen LogP contribution in [0.1, 0.15) is 6.92 Å². The Labute approximate surface area is 72.8 Å². The summed E-state index contributed by atoms with van der Waals surface area (Å²) < 4.78 is 9.62. The van der Waals surface area contributed by atoms with E-state index in [9.17, 15) is 4.79 Å². The lowest BCUT2D eigenvalue weighted by Crippen LogP contribution is -2.34. The van der Waals surface area contributed by atoms with Gasteiger partial charge >= 0.3 is 0 Å². The quantitative estimate of drug-likeness (QED) is 0.451. The molecule has 0 unspecified atom stereocenters. The van der Waals surface area contributed by atoms with Crippen molar-refractivity contribution in [3.05, 3.63) is 12.2 Å². The van der Waals surface area contributed by atoms with Crippen LogP contribution >= 0.6 is 0 Å². The van der Waals surface area contributed by atoms with Crippen molar-refractivity contribution in [2.75, 3.05) is 27.7 Å². The summed E-state index contributed by atoms with van der Waals surface area (Å²) in [5.41, 5.74) is 0.476. The van der Waals surface area contributed by atoms with E-state index in [4.69, 9.17) is 9.47 Å². The summed E-state index contributed by atoms with van der Waals surface area (Å²) in [4.78, 5) is 12.7. The molecule has 1 amide bonds. The van der Waals surface area contributed by atoms with Gasteiger partial charge in [-0.05, 0) is 6.92 Å². The van der Waals surface area contributed by atoms with Gasteiger partial charge in [0, 0.05) is 19.8 Å². The molecule has 0 aromatic heterocycles. The zero-order valence-corrected chi connectivity index (χ0v) is 7.79. The fourth-order valence-corrected chi connectivity index (χ4v) is 0.736. The Morgan fingerprint density at radius 1 is 1.33 bits per heavy atom. The first-order valence-corrected chi connectivity index (χ1v) is 3.56. The molecule has 0 aliphatic rings. The molecule has 0 aromatic carbocycles. The first-order valence-electron chi connectivity index (χ1n) is 3.56. The summed E-state index contributed by atoms with van der Waals surface area (Å²) in [5.74, 6) is -0.154. The number of nitrogens with zero attached hydrogens (tertiary/aromatic N) is 1. The molecule has 0 aliphatic heterocycles. The lowest BCUT2D eigenvalue weighted by atomic mass is 10.3. The third-order valence-corrected chi connectivity index (χ3v) is 1.22. The van der Waals surface area contributed by atoms with E-state index in [1.807, 2.05) is 0 Å². The Bertz CT molecular complexity index is 162. The van der Waals surface area contributed by atoms with Crippen LogP contribution < -0.4 is 0 Å². The third kappa shape index (κ3) is 3.50. The number of hydrogen-bond donors (Lipinski definition) is 0. The minimum absolute atomic E-state index is 0.154. The van der Waals surface area contributed by atoms with Crippen LogP contribution in [0.25, 0.3) is 0 Å². The number of methoxy groups -OCH3 is 2. The van der Waals surface area contributed by atoms with E-state index in [1.165, 1.54) is 19.1 Å². The number of hydrogen-bond acceptors (Lipinski definition) is 3. The molecule has 0 saturated carbocycles. The number of carbonyl (C=O) groups excluding carboxylic acids is 1. The topological polar surface area (TPSA) is 38.8 Å². The summed E-state index contributed by atoms with van der Waals surface area (Å²) in [6.45, 7) is 5.64. The van der Waals surface area contributed by atoms with Crippen LogP contribution in [0.5, 0.6) is 0 Å². The van der Waals surface area contributed by atoms with Gasteiger partial charge in [-0.1, -0.05) is 6.58 Å². The fraction of sp³-hybridized carbons (Fsp3) is 0.625. The molecule has 0 rings (SSSR count). The molecule has 12 heavy (non-hydrogen) atoms. The third-order valence-electron chi connectivity index (χ3n) is 1.22. The van der Waals surface area contributed by atoms with Crippen molar-refractivity contribution in [3.8, 4) is 0 Å². The van der Waals surface area contributed by atoms with E-state index in [1.54, 1.807) is 6.92 Å². The van der Waals surface area contributed by atoms with Crippen molar-refractivity contribution in [1.29, 1.82) is 0 Å². The van der Waals surface area contributed by atoms with Gasteiger partial charge in [-0.25, -0.2) is 0 Å². The molecule has 0 aromatic rings. The van der Waals surface area contributed by atoms with Gasteiger partial charge in [-0.2, -0.15) is 0 Å². The van der Waals surface area contributed by atoms with Crippen molar-refractivity contribution < 1.29 is 14.3 Å². The molecule has 4 heteroatoms. The highest BCUT2D eigenvalue weighted by molar-refractivity contribution is 5.91. The molecule has 0 atom stereocenters. The van der Waals surface area contributed by atoms with E-state index >= 15 is 0 Å². The van der Waals surface area contributed by atoms with Gasteiger partial charge in [-0.15, -0.1) is 0 Å². The number of carbonyl (C=O) groups is 1. The average Bonchev–Trinajstić information content (AvgIpc) is 2.03. The van der Waals surface area contributed by atoms with Crippen molar-refractivity contribution in [2.24, 2.45) is 0 Å². The number of ether oxygens (including phenoxy) is 2. The maximum atomic E-state index is 11.3. The van der Waals surface area contributed by atoms with Crippen LogP contribution in [0.4, 0.5) is 0 Å². The zero-order chi connectivity index (χ0) is 9.56. The van der Waals surface area contributed by atoms with Gasteiger partial charge < -0.3 is 9.47 Å². The Hall–Kier alpha value is -0.870. The largest absolute Gasteiger partial charge is 0.364 e. The minimum Gasteiger partial charge on any atom is -0.364 e. The molecule has 4 nitrogen and oxygen atoms in total. The van der Waals surface area contributed by atoms with E-state index in [-0.39, 0.29) is 19.4 Å². The van der Waals surface area contributed by atoms with Crippen LogP contribution in [0.15, 0.2) is 12.2 Å². The highest BCUT2D eigenvalue weighted by Gasteiger charge is 2.12. The van der Waals surface area contributed by atoms with Crippen LogP contribution in [0.2, 0.25) is 0 Å². The SMILES string of the molecule is C=C(C)C(=O)N(COC)COC. The highest BCUT2D eigenvalue weighted by atomic mass is 16.5. The summed E-state index contributed by atoms with van der Waals surface area (Å²) in [6.07, 6.45) is 0. The first kappa shape index (κ1) is 11.1. The van der Waals surface area contributed by atoms with Crippen LogP contribution in [-0.2, 0) is 14.3 Å². The molecule has 0 fully saturated rings. The predicted octanol–water partition coefficient (Wildman–Crippen LogP) is 0.599. The van der Waals surface area contributed by atoms with Crippen molar-refractivity contribution in [1.82, 2.24) is 4.90 Å². The summed E-state index contributed by atoms with van der Waals surface area (Å²) in [5, 5.41) is 0. The standard InChI is InChI=1S/C8H15NO3/c1-7(2)8(10)9(5-11-3)6-12-4/h1,5-6H2,2-4H3. The molecule has 70 valence electrons. The van der Waals surface area contributed by atoms with Crippen molar-refractivity contribution in [2.45, 2.75) is 6.92 Å². The predicted molar refractivity (Wildman–Crippen MR) is 45.4 cm³/mol. The molecule has 0 N–H and O–H groups in total. The lowest BCUT2D eigenvalue weighted by Gasteiger charge is -2.20. The Balaban J connectivity index is 4.08. The van der Waals surface area contributed by atoms with Crippen LogP contribution in [0.3, 0.4) is 0 Å². The molecule has 0 radical (unpaired) electrons. The van der Waals surface area contributed by atoms with Gasteiger partial charge in [0.2, 0.25) is 0 Å². The summed E-state index contributed by atoms with van der Waals surface area (Å²) >= 11 is 0. The second-order valence-corrected chi connectivity index (χ2v) is 2.46. The lowest BCUT2D eigenvalue weighted by molar-refractivity contribution is -0.137. The van der Waals surface area contributed by atoms with E-state index < -0.39 is 0 Å². The highest BCUT2D eigenvalue weighted by Crippen LogP contribution is 1.98. The maximum Gasteiger partial charge on any atom is 0.252 e. The second kappa shape index (κ2) is 5.74. The number of rotatable bonds is 5. The summed E-state index contributed by atoms with van der Waals surface area (Å²) in [7, 11) is 3.04. The molecule has 0 spiro atoms. The molecule has 0 bridgehead atoms. The second-order valence-electron chi connectivity index (χ2n) is 2.46. The minimum atomic E-state index is -0.154. The normalized spacial score (nSPS) is 9.58. The fourth-order valence-electron chi connectivity index (χ4n) is 0.736. The molecular formula is C8H15NO3. The molecule has 0 aliphatic carbocycles. The smallest absolute Gasteiger partial charge is 0.252 e. The Morgan fingerprint density at radius 3 is 2.00 bits per heavy atom. The van der Waals surface area contributed by atoms with E-state index in [2.05, 4.69) is 6.58 Å². The van der Waals surface area contributed by atoms with Gasteiger partial charge in [-0.3, -0.25) is 9.69 Å². The van der Waals surface area contributed by atoms with E-state index in [0.29, 0.717) is 5.57 Å². The zero-order valence-electron chi connectivity index (χ0n) is 7.79. The van der Waals surface area contributed by atoms with Crippen molar-refractivity contribution >= 4 is 5.91 Å². The van der Waals surface area contributed by atoms with Gasteiger partial charge in [0.1, 0.15) is 13.5 Å². The van der Waals surface area contributed by atoms with Gasteiger partial charge in [0.15, 0.2) is 0 Å². The number of amides is 1. The summed E-state index contributed by atoms with van der Waals surface area (Å²) in [6, 6.07) is 0. The van der Waals surface area contributed by atoms with E-state index in [0.717, 1.165) is 0 Å². The van der Waals surface area contributed by atoms with Gasteiger partial charge in [0.25, 0.3) is 5.91 Å². The Kier molecular flexibility index (Phi) is 5.32. The molecule has 0 heterocycles.